The molecule has 1 fully saturated rings. The van der Waals surface area contributed by atoms with Gasteiger partial charge in [-0.25, -0.2) is 0 Å². The van der Waals surface area contributed by atoms with E-state index in [1.807, 2.05) is 0 Å². The van der Waals surface area contributed by atoms with Crippen LogP contribution in [0.15, 0.2) is 24.3 Å². The van der Waals surface area contributed by atoms with E-state index < -0.39 is 0 Å². The summed E-state index contributed by atoms with van der Waals surface area (Å²) in [6.07, 6.45) is 1.07. The average molecular weight is 204 g/mol. The first-order valence-corrected chi connectivity index (χ1v) is 5.44. The molecule has 2 N–H and O–H groups in total. The number of benzene rings is 1. The molecule has 0 spiro atoms. The molecule has 2 heteroatoms. The van der Waals surface area contributed by atoms with Crippen LogP contribution in [0.5, 0.6) is 0 Å². The van der Waals surface area contributed by atoms with Crippen LogP contribution in [-0.4, -0.2) is 14.1 Å². The zero-order valence-electron chi connectivity index (χ0n) is 10.0. The van der Waals surface area contributed by atoms with Crippen molar-refractivity contribution >= 4 is 5.69 Å². The highest BCUT2D eigenvalue weighted by Gasteiger charge is 2.60. The summed E-state index contributed by atoms with van der Waals surface area (Å²) in [7, 11) is 4.13. The van der Waals surface area contributed by atoms with Gasteiger partial charge in [-0.1, -0.05) is 32.0 Å². The van der Waals surface area contributed by atoms with E-state index in [0.717, 1.165) is 6.42 Å². The van der Waals surface area contributed by atoms with Gasteiger partial charge in [0, 0.05) is 25.3 Å². The third kappa shape index (κ3) is 1.44. The monoisotopic (exact) mass is 204 g/mol. The molecule has 0 aliphatic heterocycles. The van der Waals surface area contributed by atoms with Crippen molar-refractivity contribution in [1.82, 2.24) is 0 Å². The molecule has 0 heterocycles. The van der Waals surface area contributed by atoms with E-state index >= 15 is 0 Å². The first kappa shape index (κ1) is 10.5. The van der Waals surface area contributed by atoms with Crippen molar-refractivity contribution in [3.63, 3.8) is 0 Å². The minimum Gasteiger partial charge on any atom is -0.377 e. The maximum absolute atomic E-state index is 6.46. The molecule has 1 unspecified atom stereocenters. The molecule has 82 valence electrons. The maximum atomic E-state index is 6.46. The van der Waals surface area contributed by atoms with Crippen LogP contribution >= 0.6 is 0 Å². The highest BCUT2D eigenvalue weighted by Crippen LogP contribution is 2.61. The second kappa shape index (κ2) is 2.99. The summed E-state index contributed by atoms with van der Waals surface area (Å²) < 4.78 is 0. The molecule has 1 aliphatic rings. The molecule has 1 atom stereocenters. The van der Waals surface area contributed by atoms with Crippen molar-refractivity contribution in [2.45, 2.75) is 25.8 Å². The molecule has 1 aliphatic carbocycles. The number of rotatable bonds is 2. The van der Waals surface area contributed by atoms with E-state index in [1.165, 1.54) is 11.3 Å². The van der Waals surface area contributed by atoms with Gasteiger partial charge >= 0.3 is 0 Å². The standard InChI is InChI=1S/C13H20N2/c1-12(2)9-13(12,14)10-7-5-6-8-11(10)15(3)4/h5-8H,9,14H2,1-4H3. The van der Waals surface area contributed by atoms with Gasteiger partial charge in [0.05, 0.1) is 0 Å². The highest BCUT2D eigenvalue weighted by molar-refractivity contribution is 5.58. The van der Waals surface area contributed by atoms with Crippen LogP contribution in [0.1, 0.15) is 25.8 Å². The number of anilines is 1. The van der Waals surface area contributed by atoms with E-state index in [-0.39, 0.29) is 11.0 Å². The van der Waals surface area contributed by atoms with Gasteiger partial charge in [0.1, 0.15) is 0 Å². The molecule has 2 nitrogen and oxygen atoms in total. The molecule has 0 radical (unpaired) electrons. The molecule has 1 aromatic carbocycles. The zero-order valence-corrected chi connectivity index (χ0v) is 10.0. The summed E-state index contributed by atoms with van der Waals surface area (Å²) in [4.78, 5) is 2.14. The molecular formula is C13H20N2. The van der Waals surface area contributed by atoms with Crippen LogP contribution in [0, 0.1) is 5.41 Å². The van der Waals surface area contributed by atoms with Crippen LogP contribution < -0.4 is 10.6 Å². The lowest BCUT2D eigenvalue weighted by molar-refractivity contribution is 0.510. The molecule has 0 bridgehead atoms. The third-order valence-electron chi connectivity index (χ3n) is 3.67. The summed E-state index contributed by atoms with van der Waals surface area (Å²) in [5, 5.41) is 0. The average Bonchev–Trinajstić information content (AvgIpc) is 2.67. The van der Waals surface area contributed by atoms with Crippen molar-refractivity contribution in [2.24, 2.45) is 11.1 Å². The third-order valence-corrected chi connectivity index (χ3v) is 3.67. The second-order valence-electron chi connectivity index (χ2n) is 5.44. The Bertz CT molecular complexity index is 382. The predicted octanol–water partition coefficient (Wildman–Crippen LogP) is 2.34. The van der Waals surface area contributed by atoms with E-state index in [4.69, 9.17) is 5.73 Å². The SMILES string of the molecule is CN(C)c1ccccc1C1(N)CC1(C)C. The lowest BCUT2D eigenvalue weighted by Gasteiger charge is -2.23. The van der Waals surface area contributed by atoms with Crippen LogP contribution in [0.3, 0.4) is 0 Å². The summed E-state index contributed by atoms with van der Waals surface area (Å²) in [6, 6.07) is 8.44. The van der Waals surface area contributed by atoms with Gasteiger partial charge in [0.2, 0.25) is 0 Å². The Hall–Kier alpha value is -1.02. The molecule has 0 aromatic heterocycles. The van der Waals surface area contributed by atoms with E-state index in [9.17, 15) is 0 Å². The molecule has 15 heavy (non-hydrogen) atoms. The number of para-hydroxylation sites is 1. The summed E-state index contributed by atoms with van der Waals surface area (Å²) in [5.74, 6) is 0. The molecule has 0 amide bonds. The van der Waals surface area contributed by atoms with Crippen LogP contribution in [-0.2, 0) is 5.54 Å². The van der Waals surface area contributed by atoms with Gasteiger partial charge in [-0.2, -0.15) is 0 Å². The topological polar surface area (TPSA) is 29.3 Å². The Kier molecular flexibility index (Phi) is 2.09. The van der Waals surface area contributed by atoms with Crippen molar-refractivity contribution in [1.29, 1.82) is 0 Å². The molecule has 2 rings (SSSR count). The van der Waals surface area contributed by atoms with Crippen LogP contribution in [0.2, 0.25) is 0 Å². The number of nitrogens with two attached hydrogens (primary N) is 1. The normalized spacial score (nSPS) is 27.5. The summed E-state index contributed by atoms with van der Waals surface area (Å²) in [6.45, 7) is 4.47. The van der Waals surface area contributed by atoms with Gasteiger partial charge in [-0.3, -0.25) is 0 Å². The van der Waals surface area contributed by atoms with Gasteiger partial charge in [-0.05, 0) is 23.5 Å². The lowest BCUT2D eigenvalue weighted by Crippen LogP contribution is -2.28. The predicted molar refractivity (Wildman–Crippen MR) is 65.0 cm³/mol. The second-order valence-corrected chi connectivity index (χ2v) is 5.44. The fraction of sp³-hybridized carbons (Fsp3) is 0.538. The minimum atomic E-state index is -0.131. The highest BCUT2D eigenvalue weighted by atomic mass is 15.1. The van der Waals surface area contributed by atoms with Crippen molar-refractivity contribution in [2.75, 3.05) is 19.0 Å². The van der Waals surface area contributed by atoms with Gasteiger partial charge in [0.15, 0.2) is 0 Å². The molecule has 1 aromatic rings. The van der Waals surface area contributed by atoms with Crippen LogP contribution in [0.25, 0.3) is 0 Å². The Morgan fingerprint density at radius 2 is 1.73 bits per heavy atom. The van der Waals surface area contributed by atoms with E-state index in [1.54, 1.807) is 0 Å². The first-order valence-electron chi connectivity index (χ1n) is 5.44. The fourth-order valence-electron chi connectivity index (χ4n) is 2.35. The largest absolute Gasteiger partial charge is 0.377 e. The Morgan fingerprint density at radius 1 is 1.20 bits per heavy atom. The molecular weight excluding hydrogens is 184 g/mol. The number of hydrogen-bond donors (Lipinski definition) is 1. The summed E-state index contributed by atoms with van der Waals surface area (Å²) >= 11 is 0. The van der Waals surface area contributed by atoms with Crippen molar-refractivity contribution in [3.8, 4) is 0 Å². The van der Waals surface area contributed by atoms with Gasteiger partial charge in [-0.15, -0.1) is 0 Å². The fourth-order valence-corrected chi connectivity index (χ4v) is 2.35. The minimum absolute atomic E-state index is 0.131. The lowest BCUT2D eigenvalue weighted by atomic mass is 9.95. The molecule has 0 saturated heterocycles. The quantitative estimate of drug-likeness (QED) is 0.801. The zero-order chi connectivity index (χ0) is 11.3. The van der Waals surface area contributed by atoms with Gasteiger partial charge < -0.3 is 10.6 Å². The summed E-state index contributed by atoms with van der Waals surface area (Å²) in [5.41, 5.74) is 9.08. The Labute approximate surface area is 92.1 Å². The number of nitrogens with zero attached hydrogens (tertiary/aromatic N) is 1. The smallest absolute Gasteiger partial charge is 0.0488 e. The van der Waals surface area contributed by atoms with Crippen molar-refractivity contribution in [3.05, 3.63) is 29.8 Å². The molecule has 1 saturated carbocycles. The van der Waals surface area contributed by atoms with E-state index in [2.05, 4.69) is 57.1 Å². The number of hydrogen-bond acceptors (Lipinski definition) is 2. The maximum Gasteiger partial charge on any atom is 0.0488 e. The van der Waals surface area contributed by atoms with Gasteiger partial charge in [0.25, 0.3) is 0 Å². The van der Waals surface area contributed by atoms with E-state index in [0.29, 0.717) is 0 Å². The van der Waals surface area contributed by atoms with Crippen LogP contribution in [0.4, 0.5) is 5.69 Å². The Balaban J connectivity index is 2.46. The Morgan fingerprint density at radius 3 is 2.20 bits per heavy atom. The van der Waals surface area contributed by atoms with Crippen molar-refractivity contribution < 1.29 is 0 Å². The first-order chi connectivity index (χ1) is 6.88.